The summed E-state index contributed by atoms with van der Waals surface area (Å²) in [5, 5.41) is 0. The summed E-state index contributed by atoms with van der Waals surface area (Å²) in [6.07, 6.45) is 4.38. The predicted molar refractivity (Wildman–Crippen MR) is 66.8 cm³/mol. The molecule has 2 N–H and O–H groups in total. The number of likely N-dealkylation sites (tertiary alicyclic amines) is 1. The Labute approximate surface area is 102 Å². The van der Waals surface area contributed by atoms with Crippen LogP contribution in [0.25, 0.3) is 0 Å². The standard InChI is InChI=1S/C13H19N3O/c14-13-2-1-11(7-15-13)10-3-5-16(6-4-10)12-8-17-9-12/h1-2,7,10,12H,3-6,8-9H2,(H2,14,15). The summed E-state index contributed by atoms with van der Waals surface area (Å²) in [6, 6.07) is 4.71. The average molecular weight is 233 g/mol. The summed E-state index contributed by atoms with van der Waals surface area (Å²) in [5.41, 5.74) is 6.95. The first kappa shape index (κ1) is 11.0. The monoisotopic (exact) mass is 233 g/mol. The van der Waals surface area contributed by atoms with Gasteiger partial charge >= 0.3 is 0 Å². The van der Waals surface area contributed by atoms with Crippen LogP contribution < -0.4 is 5.73 Å². The number of rotatable bonds is 2. The summed E-state index contributed by atoms with van der Waals surface area (Å²) < 4.78 is 5.25. The molecule has 1 aromatic rings. The van der Waals surface area contributed by atoms with Crippen molar-refractivity contribution in [3.05, 3.63) is 23.9 Å². The molecule has 2 fully saturated rings. The van der Waals surface area contributed by atoms with Crippen molar-refractivity contribution in [2.24, 2.45) is 0 Å². The number of nitrogen functional groups attached to an aromatic ring is 1. The van der Waals surface area contributed by atoms with E-state index in [4.69, 9.17) is 10.5 Å². The minimum Gasteiger partial charge on any atom is -0.384 e. The zero-order chi connectivity index (χ0) is 11.7. The quantitative estimate of drug-likeness (QED) is 0.835. The first-order valence-corrected chi connectivity index (χ1v) is 6.36. The lowest BCUT2D eigenvalue weighted by Crippen LogP contribution is -2.51. The van der Waals surface area contributed by atoms with E-state index in [1.165, 1.54) is 31.5 Å². The fourth-order valence-corrected chi connectivity index (χ4v) is 2.69. The number of hydrogen-bond donors (Lipinski definition) is 1. The molecule has 0 spiro atoms. The lowest BCUT2D eigenvalue weighted by Gasteiger charge is -2.41. The van der Waals surface area contributed by atoms with Crippen LogP contribution in [-0.2, 0) is 4.74 Å². The topological polar surface area (TPSA) is 51.4 Å². The van der Waals surface area contributed by atoms with Gasteiger partial charge < -0.3 is 10.5 Å². The highest BCUT2D eigenvalue weighted by molar-refractivity contribution is 5.30. The Morgan fingerprint density at radius 3 is 2.53 bits per heavy atom. The van der Waals surface area contributed by atoms with Crippen LogP contribution >= 0.6 is 0 Å². The minimum atomic E-state index is 0.609. The number of hydrogen-bond acceptors (Lipinski definition) is 4. The number of piperidine rings is 1. The summed E-state index contributed by atoms with van der Waals surface area (Å²) in [7, 11) is 0. The summed E-state index contributed by atoms with van der Waals surface area (Å²) in [4.78, 5) is 6.74. The summed E-state index contributed by atoms with van der Waals surface area (Å²) >= 11 is 0. The first-order valence-electron chi connectivity index (χ1n) is 6.36. The van der Waals surface area contributed by atoms with Crippen molar-refractivity contribution in [3.8, 4) is 0 Å². The van der Waals surface area contributed by atoms with Crippen LogP contribution in [-0.4, -0.2) is 42.2 Å². The second kappa shape index (κ2) is 4.63. The van der Waals surface area contributed by atoms with Crippen LogP contribution in [0.5, 0.6) is 0 Å². The van der Waals surface area contributed by atoms with E-state index in [0.29, 0.717) is 17.8 Å². The molecule has 2 saturated heterocycles. The van der Waals surface area contributed by atoms with Gasteiger partial charge in [-0.1, -0.05) is 6.07 Å². The van der Waals surface area contributed by atoms with Crippen molar-refractivity contribution in [1.82, 2.24) is 9.88 Å². The zero-order valence-corrected chi connectivity index (χ0v) is 10.0. The van der Waals surface area contributed by atoms with E-state index in [2.05, 4.69) is 16.0 Å². The lowest BCUT2D eigenvalue weighted by molar-refractivity contribution is -0.0712. The van der Waals surface area contributed by atoms with Crippen molar-refractivity contribution < 1.29 is 4.74 Å². The van der Waals surface area contributed by atoms with E-state index >= 15 is 0 Å². The molecule has 1 aromatic heterocycles. The van der Waals surface area contributed by atoms with E-state index in [1.807, 2.05) is 12.3 Å². The van der Waals surface area contributed by atoms with Crippen molar-refractivity contribution in [3.63, 3.8) is 0 Å². The van der Waals surface area contributed by atoms with Crippen LogP contribution in [0.4, 0.5) is 5.82 Å². The molecule has 0 radical (unpaired) electrons. The van der Waals surface area contributed by atoms with Gasteiger partial charge in [0.2, 0.25) is 0 Å². The normalized spacial score (nSPS) is 23.5. The molecule has 0 atom stereocenters. The highest BCUT2D eigenvalue weighted by Crippen LogP contribution is 2.29. The van der Waals surface area contributed by atoms with Crippen molar-refractivity contribution >= 4 is 5.82 Å². The fourth-order valence-electron chi connectivity index (χ4n) is 2.69. The third-order valence-electron chi connectivity index (χ3n) is 3.95. The van der Waals surface area contributed by atoms with Gasteiger partial charge in [-0.05, 0) is 43.5 Å². The second-order valence-corrected chi connectivity index (χ2v) is 5.02. The number of ether oxygens (including phenoxy) is 1. The van der Waals surface area contributed by atoms with Gasteiger partial charge in [0.15, 0.2) is 0 Å². The molecule has 17 heavy (non-hydrogen) atoms. The predicted octanol–water partition coefficient (Wildman–Crippen LogP) is 1.24. The van der Waals surface area contributed by atoms with Crippen LogP contribution in [0.3, 0.4) is 0 Å². The molecule has 92 valence electrons. The first-order chi connectivity index (χ1) is 8.33. The average Bonchev–Trinajstić information content (AvgIpc) is 2.29. The molecule has 3 rings (SSSR count). The molecule has 0 bridgehead atoms. The fraction of sp³-hybridized carbons (Fsp3) is 0.615. The molecule has 3 heterocycles. The Balaban J connectivity index is 1.58. The van der Waals surface area contributed by atoms with Gasteiger partial charge in [-0.25, -0.2) is 4.98 Å². The molecular weight excluding hydrogens is 214 g/mol. The van der Waals surface area contributed by atoms with Crippen molar-refractivity contribution in [2.45, 2.75) is 24.8 Å². The molecule has 2 aliphatic rings. The van der Waals surface area contributed by atoms with Gasteiger partial charge in [-0.2, -0.15) is 0 Å². The van der Waals surface area contributed by atoms with Crippen molar-refractivity contribution in [2.75, 3.05) is 32.0 Å². The zero-order valence-electron chi connectivity index (χ0n) is 10.0. The summed E-state index contributed by atoms with van der Waals surface area (Å²) in [5.74, 6) is 1.26. The Hall–Kier alpha value is -1.13. The maximum absolute atomic E-state index is 5.61. The Morgan fingerprint density at radius 2 is 2.00 bits per heavy atom. The molecule has 0 aliphatic carbocycles. The van der Waals surface area contributed by atoms with Gasteiger partial charge in [0.05, 0.1) is 19.3 Å². The van der Waals surface area contributed by atoms with E-state index in [0.717, 1.165) is 13.2 Å². The van der Waals surface area contributed by atoms with Crippen LogP contribution in [0, 0.1) is 0 Å². The Bertz CT molecular complexity index is 367. The van der Waals surface area contributed by atoms with E-state index in [-0.39, 0.29) is 0 Å². The molecule has 4 nitrogen and oxygen atoms in total. The van der Waals surface area contributed by atoms with Crippen LogP contribution in [0.15, 0.2) is 18.3 Å². The molecule has 4 heteroatoms. The van der Waals surface area contributed by atoms with Crippen LogP contribution in [0.1, 0.15) is 24.3 Å². The highest BCUT2D eigenvalue weighted by atomic mass is 16.5. The van der Waals surface area contributed by atoms with E-state index in [1.54, 1.807) is 0 Å². The SMILES string of the molecule is Nc1ccc(C2CCN(C3COC3)CC2)cn1. The van der Waals surface area contributed by atoms with Gasteiger partial charge in [-0.15, -0.1) is 0 Å². The molecule has 0 amide bonds. The third kappa shape index (κ3) is 2.28. The summed E-state index contributed by atoms with van der Waals surface area (Å²) in [6.45, 7) is 4.22. The van der Waals surface area contributed by atoms with Gasteiger partial charge in [0, 0.05) is 6.20 Å². The minimum absolute atomic E-state index is 0.609. The smallest absolute Gasteiger partial charge is 0.123 e. The number of nitrogens with two attached hydrogens (primary N) is 1. The molecule has 2 aliphatic heterocycles. The third-order valence-corrected chi connectivity index (χ3v) is 3.95. The number of anilines is 1. The van der Waals surface area contributed by atoms with Gasteiger partial charge in [0.1, 0.15) is 5.82 Å². The largest absolute Gasteiger partial charge is 0.384 e. The molecule has 0 saturated carbocycles. The van der Waals surface area contributed by atoms with Crippen molar-refractivity contribution in [1.29, 1.82) is 0 Å². The maximum atomic E-state index is 5.61. The Morgan fingerprint density at radius 1 is 1.24 bits per heavy atom. The molecular formula is C13H19N3O. The highest BCUT2D eigenvalue weighted by Gasteiger charge is 2.29. The number of pyridine rings is 1. The van der Waals surface area contributed by atoms with E-state index < -0.39 is 0 Å². The second-order valence-electron chi connectivity index (χ2n) is 5.02. The van der Waals surface area contributed by atoms with Gasteiger partial charge in [-0.3, -0.25) is 4.90 Å². The number of aromatic nitrogens is 1. The van der Waals surface area contributed by atoms with Gasteiger partial charge in [0.25, 0.3) is 0 Å². The molecule has 0 aromatic carbocycles. The lowest BCUT2D eigenvalue weighted by atomic mass is 9.89. The van der Waals surface area contributed by atoms with E-state index in [9.17, 15) is 0 Å². The molecule has 0 unspecified atom stereocenters. The maximum Gasteiger partial charge on any atom is 0.123 e. The Kier molecular flexibility index (Phi) is 2.99. The number of nitrogens with zero attached hydrogens (tertiary/aromatic N) is 2. The van der Waals surface area contributed by atoms with Crippen LogP contribution in [0.2, 0.25) is 0 Å².